The average Bonchev–Trinajstić information content (AvgIpc) is 2.81. The van der Waals surface area contributed by atoms with Gasteiger partial charge >= 0.3 is 0 Å². The second-order valence-corrected chi connectivity index (χ2v) is 8.32. The average molecular weight is 340 g/mol. The van der Waals surface area contributed by atoms with Crippen LogP contribution in [0.4, 0.5) is 0 Å². The molecule has 0 aromatic heterocycles. The van der Waals surface area contributed by atoms with Crippen molar-refractivity contribution in [1.82, 2.24) is 0 Å². The van der Waals surface area contributed by atoms with Gasteiger partial charge in [-0.05, 0) is 85.5 Å². The Bertz CT molecular complexity index is 522. The molecule has 0 spiro atoms. The lowest BCUT2D eigenvalue weighted by molar-refractivity contribution is 0.456. The fourth-order valence-electron chi connectivity index (χ4n) is 5.01. The molecule has 5 atom stereocenters. The highest BCUT2D eigenvalue weighted by molar-refractivity contribution is 9.09. The molecule has 102 valence electrons. The van der Waals surface area contributed by atoms with Gasteiger partial charge in [0.1, 0.15) is 0 Å². The Labute approximate surface area is 129 Å². The minimum atomic E-state index is 0.470. The molecular formula is C17H20BrCl. The van der Waals surface area contributed by atoms with E-state index in [1.54, 1.807) is 0 Å². The number of hydrogen-bond acceptors (Lipinski definition) is 0. The zero-order valence-corrected chi connectivity index (χ0v) is 13.8. The zero-order chi connectivity index (χ0) is 13.3. The molecule has 0 heterocycles. The summed E-state index contributed by atoms with van der Waals surface area (Å²) in [7, 11) is 0. The lowest BCUT2D eigenvalue weighted by atomic mass is 9.95. The predicted molar refractivity (Wildman–Crippen MR) is 83.9 cm³/mol. The molecule has 5 unspecified atom stereocenters. The first kappa shape index (κ1) is 12.7. The summed E-state index contributed by atoms with van der Waals surface area (Å²) in [5.74, 6) is 4.92. The monoisotopic (exact) mass is 338 g/mol. The Hall–Kier alpha value is -0.0100. The summed E-state index contributed by atoms with van der Waals surface area (Å²) in [6.07, 6.45) is 4.50. The summed E-state index contributed by atoms with van der Waals surface area (Å²) in [6.45, 7) is 4.33. The lowest BCUT2D eigenvalue weighted by Gasteiger charge is -2.17. The number of alkyl halides is 1. The zero-order valence-electron chi connectivity index (χ0n) is 11.5. The fraction of sp³-hybridized carbons (Fsp3) is 0.647. The fourth-order valence-corrected chi connectivity index (χ4v) is 6.56. The lowest BCUT2D eigenvalue weighted by Crippen LogP contribution is -2.05. The van der Waals surface area contributed by atoms with Crippen molar-refractivity contribution < 1.29 is 0 Å². The van der Waals surface area contributed by atoms with Crippen LogP contribution in [0.15, 0.2) is 12.1 Å². The van der Waals surface area contributed by atoms with Gasteiger partial charge in [0.25, 0.3) is 0 Å². The van der Waals surface area contributed by atoms with Crippen molar-refractivity contribution in [2.45, 2.75) is 37.9 Å². The molecule has 3 fully saturated rings. The molecule has 1 aromatic carbocycles. The van der Waals surface area contributed by atoms with E-state index < -0.39 is 0 Å². The molecule has 0 saturated heterocycles. The molecule has 0 aliphatic heterocycles. The first-order valence-electron chi connectivity index (χ1n) is 7.48. The summed E-state index contributed by atoms with van der Waals surface area (Å²) in [5, 5.41) is 0.947. The topological polar surface area (TPSA) is 0 Å². The standard InChI is InChI=1S/C17H20BrCl/c1-8-5-12(13(19)6-9(8)2)17(18)16-14-10-3-4-11(7-10)15(14)16/h5-6,10-11,14-17H,3-4,7H2,1-2H3. The normalized spacial score (nSPS) is 40.3. The number of aryl methyl sites for hydroxylation is 2. The molecule has 0 N–H and O–H groups in total. The van der Waals surface area contributed by atoms with Crippen LogP contribution in [0, 0.1) is 43.4 Å². The summed E-state index contributed by atoms with van der Waals surface area (Å²) in [4.78, 5) is 0.470. The van der Waals surface area contributed by atoms with Gasteiger partial charge in [-0.3, -0.25) is 0 Å². The van der Waals surface area contributed by atoms with Crippen LogP contribution in [0.25, 0.3) is 0 Å². The Morgan fingerprint density at radius 2 is 1.68 bits per heavy atom. The molecule has 4 rings (SSSR count). The highest BCUT2D eigenvalue weighted by Gasteiger charge is 2.66. The van der Waals surface area contributed by atoms with Gasteiger partial charge in [0.15, 0.2) is 0 Å². The largest absolute Gasteiger partial charge is 0.0840 e. The van der Waals surface area contributed by atoms with Gasteiger partial charge < -0.3 is 0 Å². The van der Waals surface area contributed by atoms with Gasteiger partial charge in [-0.25, -0.2) is 0 Å². The van der Waals surface area contributed by atoms with Gasteiger partial charge in [-0.15, -0.1) is 0 Å². The Balaban J connectivity index is 1.62. The third kappa shape index (κ3) is 1.77. The minimum absolute atomic E-state index is 0.470. The van der Waals surface area contributed by atoms with E-state index in [2.05, 4.69) is 41.9 Å². The van der Waals surface area contributed by atoms with Gasteiger partial charge in [-0.2, -0.15) is 0 Å². The van der Waals surface area contributed by atoms with E-state index >= 15 is 0 Å². The number of halogens is 2. The van der Waals surface area contributed by atoms with Crippen molar-refractivity contribution in [3.8, 4) is 0 Å². The van der Waals surface area contributed by atoms with Crippen molar-refractivity contribution in [1.29, 1.82) is 0 Å². The maximum atomic E-state index is 6.48. The SMILES string of the molecule is Cc1cc(Cl)c(C(Br)C2C3C4CCC(C4)C32)cc1C. The Morgan fingerprint density at radius 3 is 2.32 bits per heavy atom. The molecule has 3 aliphatic rings. The van der Waals surface area contributed by atoms with Gasteiger partial charge in [0, 0.05) is 9.85 Å². The summed E-state index contributed by atoms with van der Waals surface area (Å²) in [6, 6.07) is 4.43. The predicted octanol–water partition coefficient (Wildman–Crippen LogP) is 5.68. The third-order valence-corrected chi connectivity index (χ3v) is 7.47. The van der Waals surface area contributed by atoms with E-state index in [9.17, 15) is 0 Å². The van der Waals surface area contributed by atoms with E-state index in [-0.39, 0.29) is 0 Å². The molecule has 1 aromatic rings. The maximum Gasteiger partial charge on any atom is 0.0452 e. The second kappa shape index (κ2) is 4.24. The van der Waals surface area contributed by atoms with E-state index in [0.29, 0.717) is 4.83 Å². The van der Waals surface area contributed by atoms with Crippen molar-refractivity contribution in [2.75, 3.05) is 0 Å². The quantitative estimate of drug-likeness (QED) is 0.608. The van der Waals surface area contributed by atoms with Crippen LogP contribution in [0.2, 0.25) is 5.02 Å². The van der Waals surface area contributed by atoms with Gasteiger partial charge in [0.05, 0.1) is 0 Å². The molecule has 0 nitrogen and oxygen atoms in total. The number of rotatable bonds is 2. The molecule has 0 radical (unpaired) electrons. The van der Waals surface area contributed by atoms with Crippen LogP contribution in [0.5, 0.6) is 0 Å². The Kier molecular flexibility index (Phi) is 2.84. The van der Waals surface area contributed by atoms with Crippen molar-refractivity contribution in [3.05, 3.63) is 33.8 Å². The minimum Gasteiger partial charge on any atom is -0.0840 e. The van der Waals surface area contributed by atoms with E-state index in [4.69, 9.17) is 11.6 Å². The second-order valence-electron chi connectivity index (χ2n) is 6.93. The van der Waals surface area contributed by atoms with Gasteiger partial charge in [0.2, 0.25) is 0 Å². The third-order valence-electron chi connectivity index (χ3n) is 6.04. The number of benzene rings is 1. The molecule has 3 saturated carbocycles. The van der Waals surface area contributed by atoms with Crippen LogP contribution in [-0.2, 0) is 0 Å². The van der Waals surface area contributed by atoms with Crippen molar-refractivity contribution >= 4 is 27.5 Å². The molecule has 19 heavy (non-hydrogen) atoms. The summed E-state index contributed by atoms with van der Waals surface area (Å²) < 4.78 is 0. The molecule has 2 heteroatoms. The summed E-state index contributed by atoms with van der Waals surface area (Å²) >= 11 is 10.5. The first-order chi connectivity index (χ1) is 9.08. The van der Waals surface area contributed by atoms with Crippen molar-refractivity contribution in [2.24, 2.45) is 29.6 Å². The van der Waals surface area contributed by atoms with E-state index in [1.807, 2.05) is 0 Å². The number of fused-ring (bicyclic) bond motifs is 5. The first-order valence-corrected chi connectivity index (χ1v) is 8.78. The molecule has 0 amide bonds. The Morgan fingerprint density at radius 1 is 1.11 bits per heavy atom. The molecular weight excluding hydrogens is 320 g/mol. The maximum absolute atomic E-state index is 6.48. The van der Waals surface area contributed by atoms with Crippen LogP contribution in [0.3, 0.4) is 0 Å². The van der Waals surface area contributed by atoms with Crippen molar-refractivity contribution in [3.63, 3.8) is 0 Å². The van der Waals surface area contributed by atoms with Gasteiger partial charge in [-0.1, -0.05) is 33.6 Å². The van der Waals surface area contributed by atoms with Crippen LogP contribution in [0.1, 0.15) is 40.8 Å². The summed E-state index contributed by atoms with van der Waals surface area (Å²) in [5.41, 5.74) is 3.98. The van der Waals surface area contributed by atoms with Crippen LogP contribution in [-0.4, -0.2) is 0 Å². The highest BCUT2D eigenvalue weighted by Crippen LogP contribution is 2.73. The van der Waals surface area contributed by atoms with E-state index in [1.165, 1.54) is 36.0 Å². The molecule has 2 bridgehead atoms. The molecule has 3 aliphatic carbocycles. The van der Waals surface area contributed by atoms with Crippen LogP contribution >= 0.6 is 27.5 Å². The van der Waals surface area contributed by atoms with E-state index in [0.717, 1.165) is 34.6 Å². The smallest absolute Gasteiger partial charge is 0.0452 e. The van der Waals surface area contributed by atoms with Crippen LogP contribution < -0.4 is 0 Å². The highest BCUT2D eigenvalue weighted by atomic mass is 79.9. The number of hydrogen-bond donors (Lipinski definition) is 0.